The molecule has 0 unspecified atom stereocenters. The first kappa shape index (κ1) is 16.2. The summed E-state index contributed by atoms with van der Waals surface area (Å²) < 4.78 is 0. The third kappa shape index (κ3) is 3.27. The molecule has 2 aromatic carbocycles. The third-order valence-electron chi connectivity index (χ3n) is 5.00. The van der Waals surface area contributed by atoms with Gasteiger partial charge in [0.25, 0.3) is 0 Å². The summed E-state index contributed by atoms with van der Waals surface area (Å²) in [5.41, 5.74) is 4.30. The van der Waals surface area contributed by atoms with Gasteiger partial charge in [-0.15, -0.1) is 0 Å². The van der Waals surface area contributed by atoms with E-state index in [0.29, 0.717) is 11.6 Å². The number of nitrogens with zero attached hydrogens (tertiary/aromatic N) is 1. The largest absolute Gasteiger partial charge is 0.326 e. The summed E-state index contributed by atoms with van der Waals surface area (Å²) in [6, 6.07) is 13.2. The maximum atomic E-state index is 12.6. The van der Waals surface area contributed by atoms with Gasteiger partial charge in [-0.3, -0.25) is 9.59 Å². The van der Waals surface area contributed by atoms with Crippen LogP contribution in [0.5, 0.6) is 0 Å². The Hall–Kier alpha value is -2.33. The Bertz CT molecular complexity index is 832. The highest BCUT2D eigenvalue weighted by Gasteiger charge is 2.35. The van der Waals surface area contributed by atoms with Crippen LogP contribution in [0.4, 0.5) is 11.4 Å². The Kier molecular flexibility index (Phi) is 4.22. The van der Waals surface area contributed by atoms with Crippen molar-refractivity contribution in [3.05, 3.63) is 58.6 Å². The predicted octanol–water partition coefficient (Wildman–Crippen LogP) is 3.82. The molecule has 2 aliphatic rings. The Morgan fingerprint density at radius 2 is 1.84 bits per heavy atom. The molecule has 0 spiro atoms. The molecule has 0 aromatic heterocycles. The zero-order valence-electron chi connectivity index (χ0n) is 13.8. The van der Waals surface area contributed by atoms with Crippen molar-refractivity contribution < 1.29 is 9.59 Å². The first-order valence-corrected chi connectivity index (χ1v) is 8.96. The number of aryl methyl sites for hydroxylation is 2. The van der Waals surface area contributed by atoms with Crippen LogP contribution in [0.2, 0.25) is 5.02 Å². The van der Waals surface area contributed by atoms with Crippen molar-refractivity contribution in [2.75, 3.05) is 16.8 Å². The van der Waals surface area contributed by atoms with Crippen LogP contribution in [-0.4, -0.2) is 18.4 Å². The number of anilines is 2. The molecule has 25 heavy (non-hydrogen) atoms. The average Bonchev–Trinajstić information content (AvgIpc) is 3.22. The molecule has 1 heterocycles. The van der Waals surface area contributed by atoms with E-state index in [-0.39, 0.29) is 24.2 Å². The molecule has 2 aromatic rings. The molecule has 0 bridgehead atoms. The van der Waals surface area contributed by atoms with Gasteiger partial charge in [0.15, 0.2) is 0 Å². The van der Waals surface area contributed by atoms with Gasteiger partial charge in [-0.2, -0.15) is 0 Å². The Balaban J connectivity index is 1.44. The minimum absolute atomic E-state index is 0.0311. The van der Waals surface area contributed by atoms with E-state index in [1.165, 1.54) is 17.5 Å². The average molecular weight is 355 g/mol. The molecule has 2 amide bonds. The number of rotatable bonds is 3. The molecule has 4 nitrogen and oxygen atoms in total. The number of carbonyl (C=O) groups is 2. The lowest BCUT2D eigenvalue weighted by molar-refractivity contribution is -0.122. The van der Waals surface area contributed by atoms with Crippen LogP contribution in [0.1, 0.15) is 24.0 Å². The molecule has 1 aliphatic carbocycles. The lowest BCUT2D eigenvalue weighted by Gasteiger charge is -2.17. The summed E-state index contributed by atoms with van der Waals surface area (Å²) in [6.45, 7) is 0.400. The van der Waals surface area contributed by atoms with Gasteiger partial charge in [0.05, 0.1) is 5.92 Å². The Morgan fingerprint density at radius 3 is 2.64 bits per heavy atom. The highest BCUT2D eigenvalue weighted by atomic mass is 35.5. The standard InChI is InChI=1S/C20H19ClN2O2/c21-16-5-8-18(9-6-16)23-12-15(11-19(23)24)20(25)22-17-7-4-13-2-1-3-14(13)10-17/h4-10,15H,1-3,11-12H2,(H,22,25)/t15-/m0/s1. The van der Waals surface area contributed by atoms with Crippen LogP contribution in [0, 0.1) is 5.92 Å². The summed E-state index contributed by atoms with van der Waals surface area (Å²) in [7, 11) is 0. The monoisotopic (exact) mass is 354 g/mol. The number of fused-ring (bicyclic) bond motifs is 1. The molecule has 1 N–H and O–H groups in total. The molecule has 5 heteroatoms. The predicted molar refractivity (Wildman–Crippen MR) is 99.0 cm³/mol. The fourth-order valence-electron chi connectivity index (χ4n) is 3.65. The normalized spacial score (nSPS) is 19.2. The van der Waals surface area contributed by atoms with Gasteiger partial charge in [-0.1, -0.05) is 17.7 Å². The van der Waals surface area contributed by atoms with Crippen LogP contribution in [0.15, 0.2) is 42.5 Å². The molecule has 4 rings (SSSR count). The van der Waals surface area contributed by atoms with Gasteiger partial charge in [0.1, 0.15) is 0 Å². The van der Waals surface area contributed by atoms with Crippen LogP contribution in [-0.2, 0) is 22.4 Å². The van der Waals surface area contributed by atoms with Gasteiger partial charge >= 0.3 is 0 Å². The minimum Gasteiger partial charge on any atom is -0.326 e. The number of amides is 2. The zero-order chi connectivity index (χ0) is 17.4. The highest BCUT2D eigenvalue weighted by molar-refractivity contribution is 6.30. The third-order valence-corrected chi connectivity index (χ3v) is 5.25. The zero-order valence-corrected chi connectivity index (χ0v) is 14.6. The first-order valence-electron chi connectivity index (χ1n) is 8.59. The smallest absolute Gasteiger partial charge is 0.229 e. The number of carbonyl (C=O) groups excluding carboxylic acids is 2. The van der Waals surface area contributed by atoms with Crippen molar-refractivity contribution in [3.8, 4) is 0 Å². The maximum absolute atomic E-state index is 12.6. The van der Waals surface area contributed by atoms with E-state index in [9.17, 15) is 9.59 Å². The number of halogens is 1. The van der Waals surface area contributed by atoms with Gasteiger partial charge in [0.2, 0.25) is 11.8 Å². The van der Waals surface area contributed by atoms with E-state index in [1.54, 1.807) is 29.2 Å². The first-order chi connectivity index (χ1) is 12.1. The molecular weight excluding hydrogens is 336 g/mol. The molecule has 1 fully saturated rings. The second kappa shape index (κ2) is 6.52. The van der Waals surface area contributed by atoms with E-state index in [1.807, 2.05) is 6.07 Å². The summed E-state index contributed by atoms with van der Waals surface area (Å²) >= 11 is 5.90. The number of nitrogens with one attached hydrogen (secondary N) is 1. The minimum atomic E-state index is -0.337. The summed E-state index contributed by atoms with van der Waals surface area (Å²) in [4.78, 5) is 26.5. The van der Waals surface area contributed by atoms with Crippen LogP contribution < -0.4 is 10.2 Å². The van der Waals surface area contributed by atoms with Crippen molar-refractivity contribution in [3.63, 3.8) is 0 Å². The summed E-state index contributed by atoms with van der Waals surface area (Å²) in [5.74, 6) is -0.462. The van der Waals surface area contributed by atoms with Crippen LogP contribution in [0.25, 0.3) is 0 Å². The van der Waals surface area contributed by atoms with Gasteiger partial charge in [0, 0.05) is 29.4 Å². The SMILES string of the molecule is O=C(Nc1ccc2c(c1)CCC2)[C@H]1CC(=O)N(c2ccc(Cl)cc2)C1. The highest BCUT2D eigenvalue weighted by Crippen LogP contribution is 2.28. The molecule has 1 aliphatic heterocycles. The van der Waals surface area contributed by atoms with Gasteiger partial charge in [-0.25, -0.2) is 0 Å². The summed E-state index contributed by atoms with van der Waals surface area (Å²) in [6.07, 6.45) is 3.61. The van der Waals surface area contributed by atoms with Crippen LogP contribution >= 0.6 is 11.6 Å². The summed E-state index contributed by atoms with van der Waals surface area (Å²) in [5, 5.41) is 3.60. The van der Waals surface area contributed by atoms with Crippen molar-refractivity contribution in [2.45, 2.75) is 25.7 Å². The fourth-order valence-corrected chi connectivity index (χ4v) is 3.77. The molecule has 1 saturated heterocycles. The number of hydrogen-bond acceptors (Lipinski definition) is 2. The molecule has 1 atom stereocenters. The van der Waals surface area contributed by atoms with Crippen molar-refractivity contribution in [1.82, 2.24) is 0 Å². The van der Waals surface area contributed by atoms with Crippen LogP contribution in [0.3, 0.4) is 0 Å². The lowest BCUT2D eigenvalue weighted by atomic mass is 10.1. The van der Waals surface area contributed by atoms with E-state index in [0.717, 1.165) is 24.2 Å². The number of hydrogen-bond donors (Lipinski definition) is 1. The van der Waals surface area contributed by atoms with E-state index < -0.39 is 0 Å². The molecule has 0 radical (unpaired) electrons. The second-order valence-electron chi connectivity index (χ2n) is 6.71. The Labute approximate surface area is 151 Å². The molecule has 0 saturated carbocycles. The quantitative estimate of drug-likeness (QED) is 0.910. The second-order valence-corrected chi connectivity index (χ2v) is 7.14. The Morgan fingerprint density at radius 1 is 1.08 bits per heavy atom. The van der Waals surface area contributed by atoms with Gasteiger partial charge in [-0.05, 0) is 66.8 Å². The van der Waals surface area contributed by atoms with E-state index in [2.05, 4.69) is 17.4 Å². The fraction of sp³-hybridized carbons (Fsp3) is 0.300. The number of benzene rings is 2. The molecule has 128 valence electrons. The van der Waals surface area contributed by atoms with Crippen molar-refractivity contribution >= 4 is 34.8 Å². The topological polar surface area (TPSA) is 49.4 Å². The maximum Gasteiger partial charge on any atom is 0.229 e. The van der Waals surface area contributed by atoms with E-state index in [4.69, 9.17) is 11.6 Å². The van der Waals surface area contributed by atoms with Crippen molar-refractivity contribution in [1.29, 1.82) is 0 Å². The van der Waals surface area contributed by atoms with Crippen molar-refractivity contribution in [2.24, 2.45) is 5.92 Å². The van der Waals surface area contributed by atoms with Gasteiger partial charge < -0.3 is 10.2 Å². The molecular formula is C20H19ClN2O2. The lowest BCUT2D eigenvalue weighted by Crippen LogP contribution is -2.28. The van der Waals surface area contributed by atoms with E-state index >= 15 is 0 Å².